The predicted octanol–water partition coefficient (Wildman–Crippen LogP) is 3.85. The van der Waals surface area contributed by atoms with Gasteiger partial charge in [0.2, 0.25) is 0 Å². The van der Waals surface area contributed by atoms with Crippen molar-refractivity contribution in [3.8, 4) is 22.6 Å². The van der Waals surface area contributed by atoms with Crippen molar-refractivity contribution < 1.29 is 44.2 Å². The molecule has 0 unspecified atom stereocenters. The monoisotopic (exact) mass is 450 g/mol. The minimum absolute atomic E-state index is 0. The fraction of sp³-hybridized carbons (Fsp3) is 0.333. The molecule has 2 aromatic carbocycles. The van der Waals surface area contributed by atoms with Gasteiger partial charge in [0, 0.05) is 12.0 Å². The van der Waals surface area contributed by atoms with Gasteiger partial charge in [-0.05, 0) is 54.8 Å². The third kappa shape index (κ3) is 4.51. The smallest absolute Gasteiger partial charge is 1.00 e. The predicted molar refractivity (Wildman–Crippen MR) is 118 cm³/mol. The van der Waals surface area contributed by atoms with Crippen molar-refractivity contribution in [3.05, 3.63) is 59.3 Å². The summed E-state index contributed by atoms with van der Waals surface area (Å²) in [6, 6.07) is 11.2. The molecule has 0 radical (unpaired) electrons. The Hall–Kier alpha value is -2.09. The van der Waals surface area contributed by atoms with Crippen LogP contribution in [0.25, 0.3) is 33.7 Å². The van der Waals surface area contributed by atoms with Crippen LogP contribution in [-0.2, 0) is 18.1 Å². The first-order valence-electron chi connectivity index (χ1n) is 10.2. The quantitative estimate of drug-likeness (QED) is 0.482. The van der Waals surface area contributed by atoms with Crippen molar-refractivity contribution in [2.45, 2.75) is 52.8 Å². The molecule has 0 saturated carbocycles. The van der Waals surface area contributed by atoms with E-state index in [0.29, 0.717) is 23.4 Å². The Morgan fingerprint density at radius 2 is 1.75 bits per heavy atom. The van der Waals surface area contributed by atoms with Gasteiger partial charge in [-0.3, -0.25) is 4.68 Å². The van der Waals surface area contributed by atoms with Gasteiger partial charge in [-0.15, -0.1) is 0 Å². The molecule has 1 N–H and O–H groups in total. The maximum Gasteiger partial charge on any atom is 1.00 e. The molecule has 0 aliphatic rings. The van der Waals surface area contributed by atoms with Crippen LogP contribution in [0.3, 0.4) is 0 Å². The van der Waals surface area contributed by atoms with Crippen LogP contribution in [0.5, 0.6) is 0 Å². The van der Waals surface area contributed by atoms with Gasteiger partial charge in [-0.2, -0.15) is 18.3 Å². The number of halogens is 3. The summed E-state index contributed by atoms with van der Waals surface area (Å²) in [5.74, 6) is 0.657. The van der Waals surface area contributed by atoms with E-state index in [1.807, 2.05) is 24.6 Å². The van der Waals surface area contributed by atoms with Crippen LogP contribution in [0, 0.1) is 6.92 Å². The van der Waals surface area contributed by atoms with Crippen LogP contribution in [0.1, 0.15) is 45.9 Å². The first kappa shape index (κ1) is 24.6. The zero-order valence-corrected chi connectivity index (χ0v) is 21.2. The molecule has 0 bridgehead atoms. The van der Waals surface area contributed by atoms with Gasteiger partial charge in [-0.1, -0.05) is 39.0 Å². The molecule has 4 nitrogen and oxygen atoms in total. The average molecular weight is 450 g/mol. The van der Waals surface area contributed by atoms with Crippen LogP contribution in [-0.4, -0.2) is 19.7 Å². The summed E-state index contributed by atoms with van der Waals surface area (Å²) in [6.07, 6.45) is -4.42. The summed E-state index contributed by atoms with van der Waals surface area (Å²) in [5, 5.41) is 4.70. The molecule has 0 aliphatic heterocycles. The van der Waals surface area contributed by atoms with Crippen LogP contribution in [0.15, 0.2) is 42.5 Å². The Morgan fingerprint density at radius 3 is 2.38 bits per heavy atom. The third-order valence-electron chi connectivity index (χ3n) is 5.41. The Morgan fingerprint density at radius 1 is 1.06 bits per heavy atom. The summed E-state index contributed by atoms with van der Waals surface area (Å²) in [5.41, 5.74) is 3.98. The number of nitrogens with zero attached hydrogens (tertiary/aromatic N) is 3. The number of rotatable bonds is 3. The van der Waals surface area contributed by atoms with Crippen LogP contribution < -0.4 is 29.6 Å². The maximum atomic E-state index is 13.5. The molecule has 4 aromatic rings. The molecule has 0 spiro atoms. The molecule has 0 atom stereocenters. The van der Waals surface area contributed by atoms with Crippen molar-refractivity contribution in [1.29, 1.82) is 0 Å². The number of alkyl halides is 3. The summed E-state index contributed by atoms with van der Waals surface area (Å²) >= 11 is 0. The fourth-order valence-electron chi connectivity index (χ4n) is 3.76. The van der Waals surface area contributed by atoms with E-state index in [1.54, 1.807) is 18.2 Å². The van der Waals surface area contributed by atoms with E-state index in [2.05, 4.69) is 25.8 Å². The second-order valence-electron chi connectivity index (χ2n) is 8.80. The van der Waals surface area contributed by atoms with Gasteiger partial charge in [0.15, 0.2) is 5.82 Å². The van der Waals surface area contributed by atoms with Gasteiger partial charge in [-0.25, -0.2) is 4.98 Å². The molecule has 0 fully saturated rings. The van der Waals surface area contributed by atoms with Gasteiger partial charge in [0.05, 0.1) is 22.3 Å². The Balaban J connectivity index is 0.00000193. The van der Waals surface area contributed by atoms with Crippen LogP contribution >= 0.6 is 0 Å². The van der Waals surface area contributed by atoms with Gasteiger partial charge in [0.1, 0.15) is 5.69 Å². The van der Waals surface area contributed by atoms with Gasteiger partial charge < -0.3 is 6.41 Å². The van der Waals surface area contributed by atoms with Crippen molar-refractivity contribution in [2.24, 2.45) is 0 Å². The second-order valence-corrected chi connectivity index (χ2v) is 8.80. The number of H-pyrrole nitrogens is 1. The number of hydrogen-bond acceptors (Lipinski definition) is 2. The average Bonchev–Trinajstić information content (AvgIpc) is 3.31. The molecular formula is C24H26F3N4Na. The number of benzene rings is 2. The van der Waals surface area contributed by atoms with E-state index >= 15 is 0 Å². The Kier molecular flexibility index (Phi) is 6.67. The van der Waals surface area contributed by atoms with Gasteiger partial charge >= 0.3 is 35.7 Å². The largest absolute Gasteiger partial charge is 1.00 e. The Bertz CT molecular complexity index is 1270. The van der Waals surface area contributed by atoms with Crippen molar-refractivity contribution in [3.63, 3.8) is 0 Å². The van der Waals surface area contributed by atoms with E-state index in [1.165, 1.54) is 12.1 Å². The number of aromatic nitrogens is 4. The van der Waals surface area contributed by atoms with E-state index in [4.69, 9.17) is 10.1 Å². The number of nitrogens with one attached hydrogen (secondary N) is 1. The molecule has 164 valence electrons. The minimum atomic E-state index is -4.42. The van der Waals surface area contributed by atoms with E-state index < -0.39 is 11.7 Å². The molecule has 32 heavy (non-hydrogen) atoms. The molecule has 8 heteroatoms. The second kappa shape index (κ2) is 8.69. The third-order valence-corrected chi connectivity index (χ3v) is 5.41. The summed E-state index contributed by atoms with van der Waals surface area (Å²) in [4.78, 5) is 8.06. The summed E-state index contributed by atoms with van der Waals surface area (Å²) in [6.45, 7) is 10.9. The van der Waals surface area contributed by atoms with Crippen LogP contribution in [0.4, 0.5) is 13.2 Å². The molecule has 0 amide bonds. The minimum Gasteiger partial charge on any atom is -1.00 e. The zero-order valence-electron chi connectivity index (χ0n) is 20.2. The molecule has 2 heterocycles. The number of fused-ring (bicyclic) bond motifs is 1. The maximum absolute atomic E-state index is 13.5. The number of aryl methyl sites for hydroxylation is 2. The molecule has 4 rings (SSSR count). The fourth-order valence-corrected chi connectivity index (χ4v) is 3.76. The van der Waals surface area contributed by atoms with Crippen molar-refractivity contribution in [1.82, 2.24) is 19.7 Å². The molecule has 0 saturated heterocycles. The van der Waals surface area contributed by atoms with Gasteiger partial charge in [0.25, 0.3) is 0 Å². The van der Waals surface area contributed by atoms with Crippen LogP contribution in [0.2, 0.25) is 0 Å². The first-order valence-corrected chi connectivity index (χ1v) is 10.2. The molecule has 2 aromatic heterocycles. The van der Waals surface area contributed by atoms with E-state index in [0.717, 1.165) is 28.5 Å². The topological polar surface area (TPSA) is 46.5 Å². The van der Waals surface area contributed by atoms with E-state index in [9.17, 15) is 13.2 Å². The van der Waals surface area contributed by atoms with E-state index in [-0.39, 0.29) is 42.0 Å². The Labute approximate surface area is 209 Å². The number of hydrogen-bond donors (Lipinski definition) is 1. The summed E-state index contributed by atoms with van der Waals surface area (Å²) < 4.78 is 42.5. The number of aromatic amines is 1. The number of imidazole rings is 1. The first-order chi connectivity index (χ1) is 14.5. The SMILES string of the molecule is CCn1nc(C(C)(C)C)cc1-c1nc2c(C)cc(-c3ccccc3C(F)(F)F)cc2[nH]1.[H-].[Na+]. The summed E-state index contributed by atoms with van der Waals surface area (Å²) in [7, 11) is 0. The van der Waals surface area contributed by atoms with Crippen molar-refractivity contribution in [2.75, 3.05) is 0 Å². The van der Waals surface area contributed by atoms with Crippen molar-refractivity contribution >= 4 is 11.0 Å². The zero-order chi connectivity index (χ0) is 22.6. The standard InChI is InChI=1S/C24H25F3N4.Na.H/c1-6-31-19(13-20(30-31)23(3,4)5)22-28-18-12-15(11-14(2)21(18)29-22)16-9-7-8-10-17(16)24(25,26)27;;/h7-13H,6H2,1-5H3,(H,28,29);;/q;+1;-1. The molecule has 0 aliphatic carbocycles. The molecular weight excluding hydrogens is 424 g/mol. The normalized spacial score (nSPS) is 12.2.